The average molecular weight is 382 g/mol. The molecule has 2 fully saturated rings. The number of hydrogen-bond donors (Lipinski definition) is 3. The molecular formula is C22H26N2O4. The molecule has 0 heterocycles. The minimum absolute atomic E-state index is 0.00774. The summed E-state index contributed by atoms with van der Waals surface area (Å²) in [6.45, 7) is 0. The van der Waals surface area contributed by atoms with E-state index in [4.69, 9.17) is 0 Å². The van der Waals surface area contributed by atoms with E-state index in [0.29, 0.717) is 11.3 Å². The first-order chi connectivity index (χ1) is 13.5. The molecule has 3 aliphatic carbocycles. The van der Waals surface area contributed by atoms with Crippen molar-refractivity contribution in [3.05, 3.63) is 42.0 Å². The molecule has 1 aromatic rings. The number of anilines is 1. The molecule has 0 aromatic heterocycles. The van der Waals surface area contributed by atoms with E-state index in [1.165, 1.54) is 6.42 Å². The highest BCUT2D eigenvalue weighted by Gasteiger charge is 2.51. The van der Waals surface area contributed by atoms with Gasteiger partial charge in [-0.25, -0.2) is 0 Å². The van der Waals surface area contributed by atoms with Crippen LogP contribution in [0.15, 0.2) is 36.4 Å². The number of carboxylic acid groups (broad SMARTS) is 1. The van der Waals surface area contributed by atoms with Crippen molar-refractivity contribution in [2.45, 2.75) is 44.6 Å². The van der Waals surface area contributed by atoms with Crippen LogP contribution in [-0.2, 0) is 9.59 Å². The third kappa shape index (κ3) is 3.68. The van der Waals surface area contributed by atoms with Crippen LogP contribution < -0.4 is 10.6 Å². The van der Waals surface area contributed by atoms with E-state index >= 15 is 0 Å². The summed E-state index contributed by atoms with van der Waals surface area (Å²) >= 11 is 0. The molecule has 2 saturated carbocycles. The van der Waals surface area contributed by atoms with Gasteiger partial charge in [-0.05, 0) is 55.4 Å². The number of aliphatic carboxylic acids is 1. The lowest BCUT2D eigenvalue weighted by molar-refractivity contribution is -0.146. The van der Waals surface area contributed by atoms with Crippen molar-refractivity contribution in [3.63, 3.8) is 0 Å². The Hall–Kier alpha value is -2.63. The van der Waals surface area contributed by atoms with E-state index in [9.17, 15) is 19.5 Å². The maximum absolute atomic E-state index is 12.7. The highest BCUT2D eigenvalue weighted by Crippen LogP contribution is 2.48. The van der Waals surface area contributed by atoms with Gasteiger partial charge in [0.05, 0.1) is 11.8 Å². The predicted molar refractivity (Wildman–Crippen MR) is 105 cm³/mol. The van der Waals surface area contributed by atoms with Gasteiger partial charge in [0.15, 0.2) is 0 Å². The van der Waals surface area contributed by atoms with E-state index < -0.39 is 17.8 Å². The molecule has 6 heteroatoms. The van der Waals surface area contributed by atoms with Gasteiger partial charge in [-0.1, -0.05) is 31.4 Å². The number of carboxylic acids is 1. The van der Waals surface area contributed by atoms with Crippen LogP contribution in [0.5, 0.6) is 0 Å². The Labute approximate surface area is 164 Å². The van der Waals surface area contributed by atoms with Gasteiger partial charge >= 0.3 is 5.97 Å². The summed E-state index contributed by atoms with van der Waals surface area (Å²) in [5.41, 5.74) is 1.14. The standard InChI is InChI=1S/C22H26N2O4/c25-20(23-16-4-2-1-3-5-16)13-8-10-17(11-9-13)24-21(26)18-14-6-7-15(12-14)19(18)22(27)28/h6-11,14-16,18-19H,1-5,12H2,(H,23,25)(H,24,26)(H,27,28)/t14-,15+,18-,19+/m0/s1. The van der Waals surface area contributed by atoms with Gasteiger partial charge in [0.1, 0.15) is 0 Å². The number of fused-ring (bicyclic) bond motifs is 2. The highest BCUT2D eigenvalue weighted by molar-refractivity contribution is 5.98. The Morgan fingerprint density at radius 3 is 2.18 bits per heavy atom. The van der Waals surface area contributed by atoms with E-state index in [1.807, 2.05) is 12.2 Å². The number of carbonyl (C=O) groups is 3. The van der Waals surface area contributed by atoms with E-state index in [0.717, 1.165) is 32.1 Å². The number of hydrogen-bond acceptors (Lipinski definition) is 3. The van der Waals surface area contributed by atoms with Crippen LogP contribution in [0.1, 0.15) is 48.9 Å². The SMILES string of the molecule is O=C(NC1CCCCC1)c1ccc(NC(=O)[C@@H]2[C@H](C(=O)O)[C@@H]3C=C[C@H]2C3)cc1. The highest BCUT2D eigenvalue weighted by atomic mass is 16.4. The monoisotopic (exact) mass is 382 g/mol. The number of benzene rings is 1. The molecule has 0 unspecified atom stereocenters. The molecule has 2 bridgehead atoms. The second-order valence-electron chi connectivity index (χ2n) is 8.21. The summed E-state index contributed by atoms with van der Waals surface area (Å²) in [7, 11) is 0. The van der Waals surface area contributed by atoms with Crippen LogP contribution in [0.25, 0.3) is 0 Å². The van der Waals surface area contributed by atoms with Crippen molar-refractivity contribution < 1.29 is 19.5 Å². The van der Waals surface area contributed by atoms with Gasteiger partial charge < -0.3 is 15.7 Å². The fraction of sp³-hybridized carbons (Fsp3) is 0.500. The zero-order chi connectivity index (χ0) is 19.7. The second-order valence-corrected chi connectivity index (χ2v) is 8.21. The number of allylic oxidation sites excluding steroid dienone is 2. The van der Waals surface area contributed by atoms with Crippen LogP contribution in [0.3, 0.4) is 0 Å². The van der Waals surface area contributed by atoms with E-state index in [2.05, 4.69) is 10.6 Å². The lowest BCUT2D eigenvalue weighted by atomic mass is 9.82. The van der Waals surface area contributed by atoms with Gasteiger partial charge in [0.2, 0.25) is 5.91 Å². The summed E-state index contributed by atoms with van der Waals surface area (Å²) in [5, 5.41) is 15.4. The molecule has 0 radical (unpaired) electrons. The molecule has 0 aliphatic heterocycles. The minimum atomic E-state index is -0.910. The largest absolute Gasteiger partial charge is 0.481 e. The molecule has 0 saturated heterocycles. The Balaban J connectivity index is 1.37. The maximum atomic E-state index is 12.7. The van der Waals surface area contributed by atoms with E-state index in [1.54, 1.807) is 24.3 Å². The molecule has 148 valence electrons. The fourth-order valence-corrected chi connectivity index (χ4v) is 4.96. The lowest BCUT2D eigenvalue weighted by Crippen LogP contribution is -2.36. The Morgan fingerprint density at radius 2 is 1.54 bits per heavy atom. The molecule has 3 N–H and O–H groups in total. The van der Waals surface area contributed by atoms with Crippen molar-refractivity contribution >= 4 is 23.5 Å². The summed E-state index contributed by atoms with van der Waals surface area (Å²) in [6.07, 6.45) is 10.2. The minimum Gasteiger partial charge on any atom is -0.481 e. The van der Waals surface area contributed by atoms with Crippen LogP contribution >= 0.6 is 0 Å². The average Bonchev–Trinajstić information content (AvgIpc) is 3.31. The maximum Gasteiger partial charge on any atom is 0.307 e. The third-order valence-corrected chi connectivity index (χ3v) is 6.40. The van der Waals surface area contributed by atoms with Crippen molar-refractivity contribution in [2.24, 2.45) is 23.7 Å². The number of amides is 2. The van der Waals surface area contributed by atoms with Crippen LogP contribution in [-0.4, -0.2) is 28.9 Å². The first-order valence-electron chi connectivity index (χ1n) is 10.2. The Morgan fingerprint density at radius 1 is 0.893 bits per heavy atom. The van der Waals surface area contributed by atoms with Crippen molar-refractivity contribution in [1.29, 1.82) is 0 Å². The van der Waals surface area contributed by atoms with Gasteiger partial charge in [0, 0.05) is 17.3 Å². The zero-order valence-electron chi connectivity index (χ0n) is 15.8. The van der Waals surface area contributed by atoms with Crippen molar-refractivity contribution in [1.82, 2.24) is 5.32 Å². The van der Waals surface area contributed by atoms with Crippen LogP contribution in [0.4, 0.5) is 5.69 Å². The first-order valence-corrected chi connectivity index (χ1v) is 10.2. The van der Waals surface area contributed by atoms with E-state index in [-0.39, 0.29) is 29.7 Å². The van der Waals surface area contributed by atoms with Gasteiger partial charge in [-0.3, -0.25) is 14.4 Å². The summed E-state index contributed by atoms with van der Waals surface area (Å²) < 4.78 is 0. The molecule has 4 atom stereocenters. The number of nitrogens with one attached hydrogen (secondary N) is 2. The van der Waals surface area contributed by atoms with Gasteiger partial charge in [-0.15, -0.1) is 0 Å². The predicted octanol–water partition coefficient (Wildman–Crippen LogP) is 3.21. The number of carbonyl (C=O) groups excluding carboxylic acids is 2. The Bertz CT molecular complexity index is 795. The molecule has 28 heavy (non-hydrogen) atoms. The summed E-state index contributed by atoms with van der Waals surface area (Å²) in [6, 6.07) is 7.05. The first kappa shape index (κ1) is 18.7. The molecule has 4 rings (SSSR count). The zero-order valence-corrected chi connectivity index (χ0v) is 15.8. The summed E-state index contributed by atoms with van der Waals surface area (Å²) in [5.74, 6) is -2.52. The topological polar surface area (TPSA) is 95.5 Å². The fourth-order valence-electron chi connectivity index (χ4n) is 4.96. The second kappa shape index (κ2) is 7.78. The normalized spacial score (nSPS) is 28.9. The molecule has 2 amide bonds. The van der Waals surface area contributed by atoms with Gasteiger partial charge in [0.25, 0.3) is 5.91 Å². The van der Waals surface area contributed by atoms with Crippen LogP contribution in [0.2, 0.25) is 0 Å². The van der Waals surface area contributed by atoms with Crippen LogP contribution in [0, 0.1) is 23.7 Å². The molecular weight excluding hydrogens is 356 g/mol. The smallest absolute Gasteiger partial charge is 0.307 e. The molecule has 0 spiro atoms. The quantitative estimate of drug-likeness (QED) is 0.682. The third-order valence-electron chi connectivity index (χ3n) is 6.40. The summed E-state index contributed by atoms with van der Waals surface area (Å²) in [4.78, 5) is 36.7. The number of rotatable bonds is 5. The molecule has 1 aromatic carbocycles. The molecule has 3 aliphatic rings. The van der Waals surface area contributed by atoms with Crippen molar-refractivity contribution in [3.8, 4) is 0 Å². The Kier molecular flexibility index (Phi) is 5.20. The van der Waals surface area contributed by atoms with Crippen molar-refractivity contribution in [2.75, 3.05) is 5.32 Å². The lowest BCUT2D eigenvalue weighted by Gasteiger charge is -2.24. The van der Waals surface area contributed by atoms with Gasteiger partial charge in [-0.2, -0.15) is 0 Å². The molecule has 6 nitrogen and oxygen atoms in total.